The molecular formula is C15H25NO3S. The Hall–Kier alpha value is -1.07. The van der Waals surface area contributed by atoms with Crippen LogP contribution in [-0.4, -0.2) is 33.1 Å². The fourth-order valence-electron chi connectivity index (χ4n) is 2.27. The minimum absolute atomic E-state index is 0.0881. The summed E-state index contributed by atoms with van der Waals surface area (Å²) in [7, 11) is -1.31. The number of hydrogen-bond acceptors (Lipinski definition) is 4. The van der Waals surface area contributed by atoms with E-state index in [1.54, 1.807) is 14.0 Å². The Morgan fingerprint density at radius 2 is 1.90 bits per heavy atom. The van der Waals surface area contributed by atoms with Gasteiger partial charge in [0.15, 0.2) is 9.84 Å². The second-order valence-electron chi connectivity index (χ2n) is 4.97. The normalized spacial score (nSPS) is 14.8. The van der Waals surface area contributed by atoms with E-state index in [4.69, 9.17) is 4.74 Å². The molecule has 0 aliphatic rings. The lowest BCUT2D eigenvalue weighted by Gasteiger charge is -2.24. The van der Waals surface area contributed by atoms with E-state index in [1.807, 2.05) is 31.2 Å². The zero-order chi connectivity index (χ0) is 15.2. The van der Waals surface area contributed by atoms with E-state index in [0.717, 1.165) is 17.7 Å². The highest BCUT2D eigenvalue weighted by Gasteiger charge is 2.19. The largest absolute Gasteiger partial charge is 0.496 e. The first-order chi connectivity index (χ1) is 9.43. The van der Waals surface area contributed by atoms with Crippen molar-refractivity contribution in [2.24, 2.45) is 0 Å². The Labute approximate surface area is 122 Å². The fraction of sp³-hybridized carbons (Fsp3) is 0.600. The van der Waals surface area contributed by atoms with Gasteiger partial charge >= 0.3 is 0 Å². The minimum Gasteiger partial charge on any atom is -0.496 e. The second kappa shape index (κ2) is 7.64. The van der Waals surface area contributed by atoms with Gasteiger partial charge in [-0.25, -0.2) is 8.42 Å². The molecule has 0 radical (unpaired) electrons. The van der Waals surface area contributed by atoms with Crippen molar-refractivity contribution in [3.05, 3.63) is 29.8 Å². The first kappa shape index (κ1) is 17.0. The number of methoxy groups -OCH3 is 1. The molecule has 0 saturated heterocycles. The van der Waals surface area contributed by atoms with Crippen LogP contribution in [0, 0.1) is 0 Å². The van der Waals surface area contributed by atoms with Crippen molar-refractivity contribution < 1.29 is 13.2 Å². The molecular weight excluding hydrogens is 274 g/mol. The highest BCUT2D eigenvalue weighted by molar-refractivity contribution is 7.91. The maximum Gasteiger partial charge on any atom is 0.151 e. The van der Waals surface area contributed by atoms with Crippen molar-refractivity contribution in [2.75, 3.05) is 18.6 Å². The molecule has 1 N–H and O–H groups in total. The number of nitrogens with one attached hydrogen (secondary N) is 1. The minimum atomic E-state index is -2.96. The third kappa shape index (κ3) is 4.80. The smallest absolute Gasteiger partial charge is 0.151 e. The molecule has 2 atom stereocenters. The molecule has 4 nitrogen and oxygen atoms in total. The van der Waals surface area contributed by atoms with Gasteiger partial charge in [-0.2, -0.15) is 0 Å². The molecule has 0 spiro atoms. The third-order valence-corrected chi connectivity index (χ3v) is 5.24. The van der Waals surface area contributed by atoms with Gasteiger partial charge in [0, 0.05) is 23.4 Å². The van der Waals surface area contributed by atoms with Gasteiger partial charge in [-0.1, -0.05) is 32.0 Å². The molecule has 1 rings (SSSR count). The lowest BCUT2D eigenvalue weighted by Crippen LogP contribution is -2.36. The van der Waals surface area contributed by atoms with Gasteiger partial charge in [0.1, 0.15) is 5.75 Å². The summed E-state index contributed by atoms with van der Waals surface area (Å²) in [5, 5.41) is 3.39. The van der Waals surface area contributed by atoms with E-state index in [2.05, 4.69) is 12.2 Å². The molecule has 0 heterocycles. The van der Waals surface area contributed by atoms with Crippen LogP contribution in [0.2, 0.25) is 0 Å². The summed E-state index contributed by atoms with van der Waals surface area (Å²) in [5.74, 6) is 1.18. The van der Waals surface area contributed by atoms with Crippen LogP contribution in [0.4, 0.5) is 0 Å². The summed E-state index contributed by atoms with van der Waals surface area (Å²) in [4.78, 5) is 0. The summed E-state index contributed by atoms with van der Waals surface area (Å²) in [6.45, 7) is 5.66. The molecule has 1 aromatic rings. The molecule has 0 aromatic heterocycles. The number of rotatable bonds is 8. The molecule has 0 aliphatic carbocycles. The second-order valence-corrected chi connectivity index (χ2v) is 7.37. The molecule has 114 valence electrons. The molecule has 0 amide bonds. The van der Waals surface area contributed by atoms with Gasteiger partial charge in [0.2, 0.25) is 0 Å². The predicted octanol–water partition coefficient (Wildman–Crippen LogP) is 2.56. The lowest BCUT2D eigenvalue weighted by molar-refractivity contribution is 0.390. The van der Waals surface area contributed by atoms with E-state index in [-0.39, 0.29) is 23.6 Å². The maximum atomic E-state index is 11.7. The molecule has 0 fully saturated rings. The quantitative estimate of drug-likeness (QED) is 0.801. The van der Waals surface area contributed by atoms with Crippen LogP contribution in [0.15, 0.2) is 24.3 Å². The standard InChI is InChI=1S/C15H25NO3S/c1-5-14(13-9-7-8-10-15(13)19-4)16-12(3)11-20(17,18)6-2/h7-10,12,14,16H,5-6,11H2,1-4H3. The van der Waals surface area contributed by atoms with Crippen LogP contribution in [0.5, 0.6) is 5.75 Å². The fourth-order valence-corrected chi connectivity index (χ4v) is 3.37. The van der Waals surface area contributed by atoms with Gasteiger partial charge in [-0.05, 0) is 19.4 Å². The van der Waals surface area contributed by atoms with Crippen molar-refractivity contribution in [1.29, 1.82) is 0 Å². The average molecular weight is 299 g/mol. The average Bonchev–Trinajstić information content (AvgIpc) is 2.44. The SMILES string of the molecule is CCC(NC(C)CS(=O)(=O)CC)c1ccccc1OC. The summed E-state index contributed by atoms with van der Waals surface area (Å²) in [6, 6.07) is 7.84. The zero-order valence-corrected chi connectivity index (χ0v) is 13.5. The van der Waals surface area contributed by atoms with Gasteiger partial charge in [0.25, 0.3) is 0 Å². The van der Waals surface area contributed by atoms with Gasteiger partial charge in [0.05, 0.1) is 12.9 Å². The summed E-state index contributed by atoms with van der Waals surface area (Å²) in [6.07, 6.45) is 0.872. The van der Waals surface area contributed by atoms with E-state index < -0.39 is 9.84 Å². The molecule has 0 aliphatic heterocycles. The molecule has 20 heavy (non-hydrogen) atoms. The first-order valence-electron chi connectivity index (χ1n) is 7.02. The summed E-state index contributed by atoms with van der Waals surface area (Å²) < 4.78 is 28.7. The lowest BCUT2D eigenvalue weighted by atomic mass is 10.0. The molecule has 0 saturated carbocycles. The van der Waals surface area contributed by atoms with Gasteiger partial charge in [-0.3, -0.25) is 0 Å². The highest BCUT2D eigenvalue weighted by Crippen LogP contribution is 2.27. The van der Waals surface area contributed by atoms with E-state index in [0.29, 0.717) is 0 Å². The Balaban J connectivity index is 2.82. The van der Waals surface area contributed by atoms with Crippen LogP contribution in [0.1, 0.15) is 38.8 Å². The van der Waals surface area contributed by atoms with E-state index in [1.165, 1.54) is 0 Å². The van der Waals surface area contributed by atoms with Crippen molar-refractivity contribution >= 4 is 9.84 Å². The summed E-state index contributed by atoms with van der Waals surface area (Å²) in [5.41, 5.74) is 1.07. The third-order valence-electron chi connectivity index (χ3n) is 3.35. The molecule has 0 bridgehead atoms. The highest BCUT2D eigenvalue weighted by atomic mass is 32.2. The van der Waals surface area contributed by atoms with Crippen molar-refractivity contribution in [1.82, 2.24) is 5.32 Å². The first-order valence-corrected chi connectivity index (χ1v) is 8.85. The number of para-hydroxylation sites is 1. The zero-order valence-electron chi connectivity index (χ0n) is 12.7. The number of hydrogen-bond donors (Lipinski definition) is 1. The summed E-state index contributed by atoms with van der Waals surface area (Å²) >= 11 is 0. The van der Waals surface area contributed by atoms with Crippen LogP contribution >= 0.6 is 0 Å². The van der Waals surface area contributed by atoms with Crippen molar-refractivity contribution in [2.45, 2.75) is 39.3 Å². The van der Waals surface area contributed by atoms with E-state index >= 15 is 0 Å². The molecule has 5 heteroatoms. The topological polar surface area (TPSA) is 55.4 Å². The van der Waals surface area contributed by atoms with E-state index in [9.17, 15) is 8.42 Å². The Morgan fingerprint density at radius 1 is 1.25 bits per heavy atom. The number of ether oxygens (including phenoxy) is 1. The maximum absolute atomic E-state index is 11.7. The molecule has 1 aromatic carbocycles. The van der Waals surface area contributed by atoms with Gasteiger partial charge < -0.3 is 10.1 Å². The van der Waals surface area contributed by atoms with Crippen LogP contribution in [0.25, 0.3) is 0 Å². The van der Waals surface area contributed by atoms with Crippen LogP contribution in [-0.2, 0) is 9.84 Å². The van der Waals surface area contributed by atoms with Crippen LogP contribution < -0.4 is 10.1 Å². The Kier molecular flexibility index (Phi) is 6.49. The molecule has 2 unspecified atom stereocenters. The Morgan fingerprint density at radius 3 is 2.45 bits per heavy atom. The predicted molar refractivity (Wildman–Crippen MR) is 83.0 cm³/mol. The van der Waals surface area contributed by atoms with Crippen molar-refractivity contribution in [3.63, 3.8) is 0 Å². The Bertz CT molecular complexity index is 514. The van der Waals surface area contributed by atoms with Crippen molar-refractivity contribution in [3.8, 4) is 5.75 Å². The van der Waals surface area contributed by atoms with Crippen LogP contribution in [0.3, 0.4) is 0 Å². The number of sulfone groups is 1. The van der Waals surface area contributed by atoms with Gasteiger partial charge in [-0.15, -0.1) is 0 Å². The monoisotopic (exact) mass is 299 g/mol. The number of benzene rings is 1.